The molecule has 0 amide bonds. The molecule has 0 N–H and O–H groups in total. The van der Waals surface area contributed by atoms with Gasteiger partial charge >= 0.3 is 0 Å². The molecule has 8 nitrogen and oxygen atoms in total. The summed E-state index contributed by atoms with van der Waals surface area (Å²) in [5.41, 5.74) is 21.4. The van der Waals surface area contributed by atoms with Crippen molar-refractivity contribution in [2.24, 2.45) is 0 Å². The van der Waals surface area contributed by atoms with Gasteiger partial charge in [-0.1, -0.05) is 60.7 Å². The summed E-state index contributed by atoms with van der Waals surface area (Å²) in [6, 6.07) is 54.7. The lowest BCUT2D eigenvalue weighted by Gasteiger charge is -2.11. The summed E-state index contributed by atoms with van der Waals surface area (Å²) in [6.07, 6.45) is 18.5. The van der Waals surface area contributed by atoms with Crippen molar-refractivity contribution < 1.29 is 8.83 Å². The van der Waals surface area contributed by atoms with Crippen molar-refractivity contribution in [2.45, 2.75) is 0 Å². The van der Waals surface area contributed by atoms with Gasteiger partial charge in [0.25, 0.3) is 0 Å². The predicted molar refractivity (Wildman–Crippen MR) is 271 cm³/mol. The average Bonchev–Trinajstić information content (AvgIpc) is 4.00. The fourth-order valence-electron chi connectivity index (χ4n) is 9.35. The van der Waals surface area contributed by atoms with Gasteiger partial charge in [0.2, 0.25) is 0 Å². The Morgan fingerprint density at radius 1 is 0.265 bits per heavy atom. The number of benzene rings is 5. The number of hydrogen-bond acceptors (Lipinski definition) is 8. The van der Waals surface area contributed by atoms with Gasteiger partial charge in [0.1, 0.15) is 22.2 Å². The standard InChI is InChI=1S/C60H36N6O2/c1-5-41(33-61-19-1)47-25-45(26-48(29-47)42-6-2-20-62-34-42)39-13-15-55-53(31-39)57-59(67-55)51(17-23-65-57)37-9-11-38(12-10-37)52-18-24-66-58-54-32-40(14-16-56(54)68-60(52)58)46-27-49(43-7-3-21-63-35-43)30-50(28-46)44-8-4-22-64-36-44/h1-36H. The molecule has 0 aliphatic rings. The van der Waals surface area contributed by atoms with Gasteiger partial charge in [-0.3, -0.25) is 29.9 Å². The summed E-state index contributed by atoms with van der Waals surface area (Å²) in [6.45, 7) is 0. The summed E-state index contributed by atoms with van der Waals surface area (Å²) in [5, 5.41) is 1.90. The van der Waals surface area contributed by atoms with Gasteiger partial charge in [-0.25, -0.2) is 0 Å². The quantitative estimate of drug-likeness (QED) is 0.149. The molecule has 13 rings (SSSR count). The topological polar surface area (TPSA) is 104 Å². The van der Waals surface area contributed by atoms with Crippen LogP contribution in [-0.2, 0) is 0 Å². The Kier molecular flexibility index (Phi) is 9.31. The maximum Gasteiger partial charge on any atom is 0.161 e. The minimum atomic E-state index is 0.741. The molecule has 0 aliphatic heterocycles. The Morgan fingerprint density at radius 3 is 0.912 bits per heavy atom. The molecule has 0 spiro atoms. The van der Waals surface area contributed by atoms with E-state index in [2.05, 4.69) is 129 Å². The third kappa shape index (κ3) is 6.96. The lowest BCUT2D eigenvalue weighted by atomic mass is 9.94. The summed E-state index contributed by atoms with van der Waals surface area (Å²) >= 11 is 0. The average molecular weight is 873 g/mol. The fourth-order valence-corrected chi connectivity index (χ4v) is 9.35. The smallest absolute Gasteiger partial charge is 0.161 e. The zero-order chi connectivity index (χ0) is 45.0. The number of pyridine rings is 6. The van der Waals surface area contributed by atoms with E-state index in [1.807, 2.05) is 85.7 Å². The van der Waals surface area contributed by atoms with E-state index in [0.717, 1.165) is 133 Å². The van der Waals surface area contributed by atoms with Crippen LogP contribution in [0.25, 0.3) is 133 Å². The second kappa shape index (κ2) is 16.2. The minimum Gasteiger partial charge on any atom is -0.454 e. The van der Waals surface area contributed by atoms with Crippen molar-refractivity contribution in [1.82, 2.24) is 29.9 Å². The van der Waals surface area contributed by atoms with Crippen molar-refractivity contribution >= 4 is 44.1 Å². The van der Waals surface area contributed by atoms with Crippen LogP contribution in [-0.4, -0.2) is 29.9 Å². The Balaban J connectivity index is 0.846. The molecule has 5 aromatic carbocycles. The molecule has 8 aromatic heterocycles. The van der Waals surface area contributed by atoms with Gasteiger partial charge in [0, 0.05) is 106 Å². The molecule has 8 heterocycles. The second-order valence-corrected chi connectivity index (χ2v) is 16.8. The van der Waals surface area contributed by atoms with E-state index >= 15 is 0 Å². The van der Waals surface area contributed by atoms with Crippen LogP contribution < -0.4 is 0 Å². The molecular formula is C60H36N6O2. The van der Waals surface area contributed by atoms with E-state index in [1.165, 1.54) is 0 Å². The van der Waals surface area contributed by atoms with Crippen LogP contribution in [0.2, 0.25) is 0 Å². The highest BCUT2D eigenvalue weighted by atomic mass is 16.3. The highest BCUT2D eigenvalue weighted by Gasteiger charge is 2.19. The van der Waals surface area contributed by atoms with Crippen LogP contribution in [0.1, 0.15) is 0 Å². The highest BCUT2D eigenvalue weighted by Crippen LogP contribution is 2.41. The van der Waals surface area contributed by atoms with Gasteiger partial charge in [0.05, 0.1) is 0 Å². The highest BCUT2D eigenvalue weighted by molar-refractivity contribution is 6.10. The number of fused-ring (bicyclic) bond motifs is 6. The number of furan rings is 2. The molecule has 13 aromatic rings. The van der Waals surface area contributed by atoms with Gasteiger partial charge in [-0.05, 0) is 153 Å². The minimum absolute atomic E-state index is 0.741. The van der Waals surface area contributed by atoms with Crippen LogP contribution in [0.5, 0.6) is 0 Å². The van der Waals surface area contributed by atoms with E-state index in [1.54, 1.807) is 24.8 Å². The fraction of sp³-hybridized carbons (Fsp3) is 0. The first kappa shape index (κ1) is 39.0. The first-order chi connectivity index (χ1) is 33.7. The maximum absolute atomic E-state index is 6.61. The molecule has 68 heavy (non-hydrogen) atoms. The Hall–Kier alpha value is -9.40. The largest absolute Gasteiger partial charge is 0.454 e. The summed E-state index contributed by atoms with van der Waals surface area (Å²) in [4.78, 5) is 27.3. The molecule has 0 saturated heterocycles. The van der Waals surface area contributed by atoms with Crippen molar-refractivity contribution in [1.29, 1.82) is 0 Å². The van der Waals surface area contributed by atoms with E-state index in [0.29, 0.717) is 0 Å². The van der Waals surface area contributed by atoms with E-state index in [9.17, 15) is 0 Å². The van der Waals surface area contributed by atoms with Crippen molar-refractivity contribution in [3.05, 3.63) is 220 Å². The Labute approximate surface area is 390 Å². The molecule has 0 radical (unpaired) electrons. The van der Waals surface area contributed by atoms with Crippen LogP contribution in [0.3, 0.4) is 0 Å². The van der Waals surface area contributed by atoms with Gasteiger partial charge in [-0.15, -0.1) is 0 Å². The monoisotopic (exact) mass is 872 g/mol. The SMILES string of the molecule is c1cncc(-c2cc(-c3cccnc3)cc(-c3ccc4oc5c(-c6ccc(-c7ccnc8c7oc7ccc(-c9cc(-c%10cccnc%10)cc(-c%10cccnc%10)c9)cc78)cc6)ccnc5c4c3)c2)c1. The zero-order valence-corrected chi connectivity index (χ0v) is 36.3. The predicted octanol–water partition coefficient (Wildman–Crippen LogP) is 15.2. The summed E-state index contributed by atoms with van der Waals surface area (Å²) in [7, 11) is 0. The summed E-state index contributed by atoms with van der Waals surface area (Å²) in [5.74, 6) is 0. The molecule has 0 saturated carbocycles. The molecule has 0 fully saturated rings. The van der Waals surface area contributed by atoms with Gasteiger partial charge in [-0.2, -0.15) is 0 Å². The van der Waals surface area contributed by atoms with Crippen molar-refractivity contribution in [2.75, 3.05) is 0 Å². The van der Waals surface area contributed by atoms with E-state index in [-0.39, 0.29) is 0 Å². The lowest BCUT2D eigenvalue weighted by molar-refractivity contribution is 0.669. The van der Waals surface area contributed by atoms with Crippen molar-refractivity contribution in [3.8, 4) is 89.0 Å². The maximum atomic E-state index is 6.61. The number of hydrogen-bond donors (Lipinski definition) is 0. The molecule has 8 heteroatoms. The lowest BCUT2D eigenvalue weighted by Crippen LogP contribution is -1.87. The van der Waals surface area contributed by atoms with Crippen LogP contribution >= 0.6 is 0 Å². The van der Waals surface area contributed by atoms with Crippen molar-refractivity contribution in [3.63, 3.8) is 0 Å². The molecule has 318 valence electrons. The number of aromatic nitrogens is 6. The number of nitrogens with zero attached hydrogens (tertiary/aromatic N) is 6. The molecule has 0 aliphatic carbocycles. The van der Waals surface area contributed by atoms with Gasteiger partial charge in [0.15, 0.2) is 11.2 Å². The van der Waals surface area contributed by atoms with E-state index < -0.39 is 0 Å². The Bertz CT molecular complexity index is 3630. The third-order valence-electron chi connectivity index (χ3n) is 12.7. The zero-order valence-electron chi connectivity index (χ0n) is 36.3. The molecule has 0 bridgehead atoms. The van der Waals surface area contributed by atoms with Gasteiger partial charge < -0.3 is 8.83 Å². The normalized spacial score (nSPS) is 11.5. The molecule has 0 unspecified atom stereocenters. The van der Waals surface area contributed by atoms with E-state index in [4.69, 9.17) is 18.8 Å². The first-order valence-corrected chi connectivity index (χ1v) is 22.3. The summed E-state index contributed by atoms with van der Waals surface area (Å²) < 4.78 is 13.2. The number of rotatable bonds is 8. The van der Waals surface area contributed by atoms with Crippen LogP contribution in [0, 0.1) is 0 Å². The second-order valence-electron chi connectivity index (χ2n) is 16.8. The Morgan fingerprint density at radius 2 is 0.588 bits per heavy atom. The molecular weight excluding hydrogens is 837 g/mol. The first-order valence-electron chi connectivity index (χ1n) is 22.3. The van der Waals surface area contributed by atoms with Crippen LogP contribution in [0.4, 0.5) is 0 Å². The van der Waals surface area contributed by atoms with Crippen LogP contribution in [0.15, 0.2) is 229 Å². The third-order valence-corrected chi connectivity index (χ3v) is 12.7. The molecule has 0 atom stereocenters.